The van der Waals surface area contributed by atoms with Gasteiger partial charge < -0.3 is 10.2 Å². The molecule has 2 rings (SSSR count). The summed E-state index contributed by atoms with van der Waals surface area (Å²) in [7, 11) is 0. The fourth-order valence-corrected chi connectivity index (χ4v) is 3.15. The Hall–Kier alpha value is -2.14. The van der Waals surface area contributed by atoms with Crippen molar-refractivity contribution in [2.75, 3.05) is 6.54 Å². The Labute approximate surface area is 176 Å². The topological polar surface area (TPSA) is 49.4 Å². The van der Waals surface area contributed by atoms with Crippen LogP contribution >= 0.6 is 15.9 Å². The second kappa shape index (κ2) is 11.0. The number of halogens is 1. The van der Waals surface area contributed by atoms with Gasteiger partial charge in [0.1, 0.15) is 6.04 Å². The van der Waals surface area contributed by atoms with Crippen molar-refractivity contribution in [2.45, 2.75) is 52.6 Å². The van der Waals surface area contributed by atoms with E-state index in [2.05, 4.69) is 28.2 Å². The maximum Gasteiger partial charge on any atom is 0.242 e. The van der Waals surface area contributed by atoms with E-state index >= 15 is 0 Å². The molecule has 0 spiro atoms. The highest BCUT2D eigenvalue weighted by atomic mass is 79.9. The summed E-state index contributed by atoms with van der Waals surface area (Å²) in [4.78, 5) is 27.3. The number of hydrogen-bond acceptors (Lipinski definition) is 2. The predicted octanol–water partition coefficient (Wildman–Crippen LogP) is 4.63. The summed E-state index contributed by atoms with van der Waals surface area (Å²) in [5.74, 6) is -0.160. The standard InChI is InChI=1S/C23H29BrN2O2/c1-4-5-14-25-23(28)18(3)26(16-20-10-12-21(24)13-11-20)22(27)15-19-8-6-17(2)7-9-19/h6-13,18H,4-5,14-16H2,1-3H3,(H,25,28). The van der Waals surface area contributed by atoms with E-state index in [1.165, 1.54) is 0 Å². The van der Waals surface area contributed by atoms with Crippen LogP contribution in [0.25, 0.3) is 0 Å². The number of rotatable bonds is 9. The Morgan fingerprint density at radius 1 is 1.04 bits per heavy atom. The van der Waals surface area contributed by atoms with Gasteiger partial charge >= 0.3 is 0 Å². The number of carbonyl (C=O) groups excluding carboxylic acids is 2. The second-order valence-electron chi connectivity index (χ2n) is 7.13. The molecule has 0 bridgehead atoms. The van der Waals surface area contributed by atoms with Gasteiger partial charge in [-0.25, -0.2) is 0 Å². The molecule has 4 nitrogen and oxygen atoms in total. The van der Waals surface area contributed by atoms with Crippen LogP contribution in [-0.2, 0) is 22.6 Å². The zero-order valence-corrected chi connectivity index (χ0v) is 18.5. The van der Waals surface area contributed by atoms with Crippen molar-refractivity contribution < 1.29 is 9.59 Å². The number of carbonyl (C=O) groups is 2. The van der Waals surface area contributed by atoms with Gasteiger partial charge in [-0.2, -0.15) is 0 Å². The number of benzene rings is 2. The zero-order chi connectivity index (χ0) is 20.5. The lowest BCUT2D eigenvalue weighted by Crippen LogP contribution is -2.48. The number of hydrogen-bond donors (Lipinski definition) is 1. The first-order valence-corrected chi connectivity index (χ1v) is 10.6. The minimum absolute atomic E-state index is 0.0510. The third-order valence-corrected chi connectivity index (χ3v) is 5.27. The predicted molar refractivity (Wildman–Crippen MR) is 117 cm³/mol. The van der Waals surface area contributed by atoms with E-state index in [0.29, 0.717) is 13.1 Å². The van der Waals surface area contributed by atoms with Gasteiger partial charge in [0.15, 0.2) is 0 Å². The van der Waals surface area contributed by atoms with Gasteiger partial charge in [-0.15, -0.1) is 0 Å². The molecule has 0 aliphatic carbocycles. The molecule has 0 radical (unpaired) electrons. The third kappa shape index (κ3) is 6.79. The van der Waals surface area contributed by atoms with Crippen LogP contribution < -0.4 is 5.32 Å². The number of amides is 2. The van der Waals surface area contributed by atoms with Gasteiger partial charge in [0.25, 0.3) is 0 Å². The lowest BCUT2D eigenvalue weighted by Gasteiger charge is -2.29. The van der Waals surface area contributed by atoms with E-state index < -0.39 is 6.04 Å². The molecule has 0 saturated heterocycles. The summed E-state index contributed by atoms with van der Waals surface area (Å²) in [6.07, 6.45) is 2.23. The van der Waals surface area contributed by atoms with Gasteiger partial charge in [-0.1, -0.05) is 71.2 Å². The molecule has 5 heteroatoms. The molecule has 2 amide bonds. The van der Waals surface area contributed by atoms with E-state index in [9.17, 15) is 9.59 Å². The zero-order valence-electron chi connectivity index (χ0n) is 16.9. The first kappa shape index (κ1) is 22.2. The molecule has 1 N–H and O–H groups in total. The summed E-state index contributed by atoms with van der Waals surface area (Å²) < 4.78 is 0.985. The fraction of sp³-hybridized carbons (Fsp3) is 0.391. The molecule has 150 valence electrons. The van der Waals surface area contributed by atoms with Crippen molar-refractivity contribution in [1.29, 1.82) is 0 Å². The highest BCUT2D eigenvalue weighted by Crippen LogP contribution is 2.16. The molecule has 0 aromatic heterocycles. The molecule has 0 saturated carbocycles. The minimum Gasteiger partial charge on any atom is -0.354 e. The molecule has 1 unspecified atom stereocenters. The monoisotopic (exact) mass is 444 g/mol. The summed E-state index contributed by atoms with van der Waals surface area (Å²) in [6.45, 7) is 6.94. The normalized spacial score (nSPS) is 11.7. The van der Waals surface area contributed by atoms with Crippen molar-refractivity contribution in [1.82, 2.24) is 10.2 Å². The molecule has 0 fully saturated rings. The summed E-state index contributed by atoms with van der Waals surface area (Å²) in [5.41, 5.74) is 3.11. The highest BCUT2D eigenvalue weighted by Gasteiger charge is 2.26. The molecular formula is C23H29BrN2O2. The SMILES string of the molecule is CCCCNC(=O)C(C)N(Cc1ccc(Br)cc1)C(=O)Cc1ccc(C)cc1. The number of nitrogens with one attached hydrogen (secondary N) is 1. The first-order valence-electron chi connectivity index (χ1n) is 9.78. The quantitative estimate of drug-likeness (QED) is 0.572. The van der Waals surface area contributed by atoms with Crippen molar-refractivity contribution >= 4 is 27.7 Å². The Kier molecular flexibility index (Phi) is 8.71. The molecule has 0 aliphatic heterocycles. The molecular weight excluding hydrogens is 416 g/mol. The smallest absolute Gasteiger partial charge is 0.242 e. The number of aryl methyl sites for hydroxylation is 1. The van der Waals surface area contributed by atoms with Crippen LogP contribution in [0.3, 0.4) is 0 Å². The molecule has 2 aromatic rings. The third-order valence-electron chi connectivity index (χ3n) is 4.74. The maximum atomic E-state index is 13.1. The van der Waals surface area contributed by atoms with E-state index in [-0.39, 0.29) is 18.2 Å². The van der Waals surface area contributed by atoms with Crippen LogP contribution in [0.1, 0.15) is 43.4 Å². The number of unbranched alkanes of at least 4 members (excludes halogenated alkanes) is 1. The largest absolute Gasteiger partial charge is 0.354 e. The summed E-state index contributed by atoms with van der Waals surface area (Å²) >= 11 is 3.43. The van der Waals surface area contributed by atoms with E-state index in [4.69, 9.17) is 0 Å². The summed E-state index contributed by atoms with van der Waals surface area (Å²) in [6, 6.07) is 15.3. The van der Waals surface area contributed by atoms with E-state index in [0.717, 1.165) is 34.0 Å². The lowest BCUT2D eigenvalue weighted by molar-refractivity contribution is -0.140. The Bertz CT molecular complexity index is 772. The van der Waals surface area contributed by atoms with Crippen molar-refractivity contribution in [2.24, 2.45) is 0 Å². The Morgan fingerprint density at radius 3 is 2.25 bits per heavy atom. The van der Waals surface area contributed by atoms with Gasteiger partial charge in [0, 0.05) is 17.6 Å². The van der Waals surface area contributed by atoms with Crippen LogP contribution in [0, 0.1) is 6.92 Å². The van der Waals surface area contributed by atoms with Crippen LogP contribution in [0.2, 0.25) is 0 Å². The van der Waals surface area contributed by atoms with Gasteiger partial charge in [-0.3, -0.25) is 9.59 Å². The molecule has 2 aromatic carbocycles. The van der Waals surface area contributed by atoms with Gasteiger partial charge in [0.05, 0.1) is 6.42 Å². The van der Waals surface area contributed by atoms with Crippen LogP contribution in [0.5, 0.6) is 0 Å². The highest BCUT2D eigenvalue weighted by molar-refractivity contribution is 9.10. The Morgan fingerprint density at radius 2 is 1.64 bits per heavy atom. The Balaban J connectivity index is 2.15. The van der Waals surface area contributed by atoms with Crippen LogP contribution in [-0.4, -0.2) is 29.3 Å². The molecule has 28 heavy (non-hydrogen) atoms. The van der Waals surface area contributed by atoms with E-state index in [1.807, 2.05) is 55.5 Å². The fourth-order valence-electron chi connectivity index (χ4n) is 2.89. The molecule has 0 aliphatic rings. The van der Waals surface area contributed by atoms with Crippen molar-refractivity contribution in [3.8, 4) is 0 Å². The average molecular weight is 445 g/mol. The van der Waals surface area contributed by atoms with Crippen molar-refractivity contribution in [3.63, 3.8) is 0 Å². The van der Waals surface area contributed by atoms with Crippen molar-refractivity contribution in [3.05, 3.63) is 69.7 Å². The lowest BCUT2D eigenvalue weighted by atomic mass is 10.1. The van der Waals surface area contributed by atoms with Crippen LogP contribution in [0.15, 0.2) is 53.0 Å². The average Bonchev–Trinajstić information content (AvgIpc) is 2.68. The second-order valence-corrected chi connectivity index (χ2v) is 8.05. The minimum atomic E-state index is -0.529. The van der Waals surface area contributed by atoms with E-state index in [1.54, 1.807) is 11.8 Å². The maximum absolute atomic E-state index is 13.1. The summed E-state index contributed by atoms with van der Waals surface area (Å²) in [5, 5.41) is 2.94. The first-order chi connectivity index (χ1) is 13.4. The molecule has 1 atom stereocenters. The number of nitrogens with zero attached hydrogens (tertiary/aromatic N) is 1. The van der Waals surface area contributed by atoms with Gasteiger partial charge in [0.2, 0.25) is 11.8 Å². The molecule has 0 heterocycles. The van der Waals surface area contributed by atoms with Crippen LogP contribution in [0.4, 0.5) is 0 Å². The van der Waals surface area contributed by atoms with Gasteiger partial charge in [-0.05, 0) is 43.5 Å².